The van der Waals surface area contributed by atoms with Gasteiger partial charge in [-0.2, -0.15) is 0 Å². The van der Waals surface area contributed by atoms with E-state index in [1.165, 1.54) is 31.4 Å². The number of amides is 1. The van der Waals surface area contributed by atoms with Crippen LogP contribution >= 0.6 is 12.2 Å². The SMILES string of the molecule is COc1c(C)cccc1C(=O)NC(=S)Nc1ccc([N+](=O)[O-])cc1. The predicted octanol–water partition coefficient (Wildman–Crippen LogP) is 3.04. The molecule has 0 aliphatic rings. The highest BCUT2D eigenvalue weighted by Crippen LogP contribution is 2.22. The molecule has 0 aromatic heterocycles. The Morgan fingerprint density at radius 3 is 2.46 bits per heavy atom. The van der Waals surface area contributed by atoms with E-state index in [1.54, 1.807) is 12.1 Å². The largest absolute Gasteiger partial charge is 0.496 e. The number of para-hydroxylation sites is 1. The van der Waals surface area contributed by atoms with Crippen molar-refractivity contribution in [3.8, 4) is 5.75 Å². The van der Waals surface area contributed by atoms with E-state index in [9.17, 15) is 14.9 Å². The summed E-state index contributed by atoms with van der Waals surface area (Å²) in [6.07, 6.45) is 0. The lowest BCUT2D eigenvalue weighted by Crippen LogP contribution is -2.34. The molecule has 0 aliphatic heterocycles. The van der Waals surface area contributed by atoms with Gasteiger partial charge >= 0.3 is 0 Å². The summed E-state index contributed by atoms with van der Waals surface area (Å²) >= 11 is 5.09. The number of thiocarbonyl (C=S) groups is 1. The van der Waals surface area contributed by atoms with Crippen molar-refractivity contribution in [3.05, 3.63) is 63.7 Å². The molecular formula is C16H15N3O4S. The van der Waals surface area contributed by atoms with Crippen molar-refractivity contribution in [1.82, 2.24) is 5.32 Å². The number of anilines is 1. The third kappa shape index (κ3) is 4.05. The van der Waals surface area contributed by atoms with Crippen molar-refractivity contribution < 1.29 is 14.5 Å². The van der Waals surface area contributed by atoms with Gasteiger partial charge in [0, 0.05) is 17.8 Å². The van der Waals surface area contributed by atoms with Gasteiger partial charge in [-0.1, -0.05) is 12.1 Å². The monoisotopic (exact) mass is 345 g/mol. The van der Waals surface area contributed by atoms with Crippen molar-refractivity contribution in [1.29, 1.82) is 0 Å². The molecule has 2 aromatic carbocycles. The Morgan fingerprint density at radius 1 is 1.21 bits per heavy atom. The first kappa shape index (κ1) is 17.4. The molecule has 0 heterocycles. The summed E-state index contributed by atoms with van der Waals surface area (Å²) in [5, 5.41) is 16.0. The van der Waals surface area contributed by atoms with Crippen LogP contribution in [0.4, 0.5) is 11.4 Å². The molecule has 0 saturated heterocycles. The lowest BCUT2D eigenvalue weighted by atomic mass is 10.1. The number of hydrogen-bond acceptors (Lipinski definition) is 5. The lowest BCUT2D eigenvalue weighted by Gasteiger charge is -2.13. The van der Waals surface area contributed by atoms with E-state index < -0.39 is 10.8 Å². The number of nitro benzene ring substituents is 1. The van der Waals surface area contributed by atoms with Crippen LogP contribution < -0.4 is 15.4 Å². The first-order valence-corrected chi connectivity index (χ1v) is 7.33. The van der Waals surface area contributed by atoms with Gasteiger partial charge in [-0.15, -0.1) is 0 Å². The fraction of sp³-hybridized carbons (Fsp3) is 0.125. The quantitative estimate of drug-likeness (QED) is 0.502. The first-order valence-electron chi connectivity index (χ1n) is 6.92. The number of benzene rings is 2. The normalized spacial score (nSPS) is 9.92. The van der Waals surface area contributed by atoms with Crippen molar-refractivity contribution in [3.63, 3.8) is 0 Å². The Kier molecular flexibility index (Phi) is 5.43. The molecule has 0 aliphatic carbocycles. The Labute approximate surface area is 143 Å². The van der Waals surface area contributed by atoms with Gasteiger partial charge < -0.3 is 10.1 Å². The Bertz CT molecular complexity index is 790. The summed E-state index contributed by atoms with van der Waals surface area (Å²) in [6, 6.07) is 10.9. The third-order valence-electron chi connectivity index (χ3n) is 3.22. The summed E-state index contributed by atoms with van der Waals surface area (Å²) in [5.74, 6) is 0.0723. The number of ether oxygens (including phenoxy) is 1. The molecule has 0 radical (unpaired) electrons. The minimum atomic E-state index is -0.492. The van der Waals surface area contributed by atoms with Crippen LogP contribution in [0.1, 0.15) is 15.9 Å². The van der Waals surface area contributed by atoms with Gasteiger partial charge in [0.2, 0.25) is 0 Å². The molecule has 24 heavy (non-hydrogen) atoms. The molecule has 0 atom stereocenters. The molecule has 124 valence electrons. The van der Waals surface area contributed by atoms with E-state index in [1.807, 2.05) is 13.0 Å². The molecule has 7 nitrogen and oxygen atoms in total. The molecule has 0 spiro atoms. The molecule has 0 fully saturated rings. The smallest absolute Gasteiger partial charge is 0.269 e. The fourth-order valence-electron chi connectivity index (χ4n) is 2.10. The zero-order chi connectivity index (χ0) is 17.7. The molecule has 8 heteroatoms. The molecule has 2 N–H and O–H groups in total. The third-order valence-corrected chi connectivity index (χ3v) is 3.43. The summed E-state index contributed by atoms with van der Waals surface area (Å²) in [7, 11) is 1.49. The van der Waals surface area contributed by atoms with Crippen LogP contribution in [-0.2, 0) is 0 Å². The first-order chi connectivity index (χ1) is 11.4. The van der Waals surface area contributed by atoms with Crippen molar-refractivity contribution >= 4 is 34.6 Å². The standard InChI is InChI=1S/C16H15N3O4S/c1-10-4-3-5-13(14(10)23-2)15(20)18-16(24)17-11-6-8-12(9-7-11)19(21)22/h3-9H,1-2H3,(H2,17,18,20,24). The van der Waals surface area contributed by atoms with Gasteiger partial charge in [-0.05, 0) is 42.9 Å². The van der Waals surface area contributed by atoms with Gasteiger partial charge in [0.15, 0.2) is 5.11 Å². The summed E-state index contributed by atoms with van der Waals surface area (Å²) in [6.45, 7) is 1.84. The van der Waals surface area contributed by atoms with Crippen molar-refractivity contribution in [2.75, 3.05) is 12.4 Å². The van der Waals surface area contributed by atoms with Gasteiger partial charge in [0.05, 0.1) is 17.6 Å². The van der Waals surface area contributed by atoms with E-state index in [0.717, 1.165) is 5.56 Å². The van der Waals surface area contributed by atoms with E-state index >= 15 is 0 Å². The molecule has 1 amide bonds. The second-order valence-electron chi connectivity index (χ2n) is 4.87. The number of carbonyl (C=O) groups is 1. The van der Waals surface area contributed by atoms with E-state index in [-0.39, 0.29) is 10.8 Å². The highest BCUT2D eigenvalue weighted by atomic mass is 32.1. The molecule has 2 aromatic rings. The van der Waals surface area contributed by atoms with Crippen molar-refractivity contribution in [2.45, 2.75) is 6.92 Å². The number of nitro groups is 1. The Morgan fingerprint density at radius 2 is 1.88 bits per heavy atom. The topological polar surface area (TPSA) is 93.5 Å². The maximum atomic E-state index is 12.3. The van der Waals surface area contributed by atoms with E-state index in [4.69, 9.17) is 17.0 Å². The molecule has 0 bridgehead atoms. The van der Waals surface area contributed by atoms with Crippen LogP contribution in [-0.4, -0.2) is 23.1 Å². The van der Waals surface area contributed by atoms with Crippen LogP contribution in [0.15, 0.2) is 42.5 Å². The van der Waals surface area contributed by atoms with Gasteiger partial charge in [-0.3, -0.25) is 20.2 Å². The maximum absolute atomic E-state index is 12.3. The molecule has 2 rings (SSSR count). The number of methoxy groups -OCH3 is 1. The highest BCUT2D eigenvalue weighted by Gasteiger charge is 2.15. The van der Waals surface area contributed by atoms with Crippen molar-refractivity contribution in [2.24, 2.45) is 0 Å². The number of aryl methyl sites for hydroxylation is 1. The average Bonchev–Trinajstić information content (AvgIpc) is 2.54. The summed E-state index contributed by atoms with van der Waals surface area (Å²) < 4.78 is 5.24. The Hall–Kier alpha value is -3.00. The van der Waals surface area contributed by atoms with Gasteiger partial charge in [0.1, 0.15) is 5.75 Å². The molecule has 0 saturated carbocycles. The minimum Gasteiger partial charge on any atom is -0.496 e. The van der Waals surface area contributed by atoms with Crippen LogP contribution in [0, 0.1) is 17.0 Å². The predicted molar refractivity (Wildman–Crippen MR) is 94.5 cm³/mol. The number of hydrogen-bond donors (Lipinski definition) is 2. The van der Waals surface area contributed by atoms with Crippen LogP contribution in [0.5, 0.6) is 5.75 Å². The van der Waals surface area contributed by atoms with Crippen LogP contribution in [0.25, 0.3) is 0 Å². The highest BCUT2D eigenvalue weighted by molar-refractivity contribution is 7.80. The van der Waals surface area contributed by atoms with Gasteiger partial charge in [0.25, 0.3) is 11.6 Å². The fourth-order valence-corrected chi connectivity index (χ4v) is 2.31. The minimum absolute atomic E-state index is 0.0278. The van der Waals surface area contributed by atoms with E-state index in [2.05, 4.69) is 10.6 Å². The number of carbonyl (C=O) groups excluding carboxylic acids is 1. The molecule has 0 unspecified atom stereocenters. The number of rotatable bonds is 4. The lowest BCUT2D eigenvalue weighted by molar-refractivity contribution is -0.384. The average molecular weight is 345 g/mol. The van der Waals surface area contributed by atoms with Crippen LogP contribution in [0.2, 0.25) is 0 Å². The van der Waals surface area contributed by atoms with Crippen LogP contribution in [0.3, 0.4) is 0 Å². The maximum Gasteiger partial charge on any atom is 0.269 e. The second kappa shape index (κ2) is 7.51. The summed E-state index contributed by atoms with van der Waals surface area (Å²) in [5.41, 5.74) is 1.70. The zero-order valence-electron chi connectivity index (χ0n) is 13.0. The summed E-state index contributed by atoms with van der Waals surface area (Å²) in [4.78, 5) is 22.4. The van der Waals surface area contributed by atoms with Gasteiger partial charge in [-0.25, -0.2) is 0 Å². The number of non-ortho nitro benzene ring substituents is 1. The molecular weight excluding hydrogens is 330 g/mol. The number of nitrogens with one attached hydrogen (secondary N) is 2. The Balaban J connectivity index is 2.05. The second-order valence-corrected chi connectivity index (χ2v) is 5.28. The van der Waals surface area contributed by atoms with E-state index in [0.29, 0.717) is 17.0 Å². The zero-order valence-corrected chi connectivity index (χ0v) is 13.8. The number of nitrogens with zero attached hydrogens (tertiary/aromatic N) is 1.